The molecule has 1 heterocycles. The van der Waals surface area contributed by atoms with Crippen LogP contribution in [0.3, 0.4) is 0 Å². The third-order valence-electron chi connectivity index (χ3n) is 3.74. The molecule has 0 bridgehead atoms. The molecule has 0 amide bonds. The number of nitrogens with zero attached hydrogens (tertiary/aromatic N) is 2. The molecule has 1 aromatic carbocycles. The molecule has 0 saturated carbocycles. The Balaban J connectivity index is 2.02. The highest BCUT2D eigenvalue weighted by Crippen LogP contribution is 2.27. The van der Waals surface area contributed by atoms with Gasteiger partial charge in [-0.15, -0.1) is 0 Å². The molecule has 0 aromatic heterocycles. The second-order valence-corrected chi connectivity index (χ2v) is 5.58. The van der Waals surface area contributed by atoms with Gasteiger partial charge in [0.2, 0.25) is 0 Å². The molecule has 1 fully saturated rings. The van der Waals surface area contributed by atoms with Crippen LogP contribution in [0.5, 0.6) is 0 Å². The van der Waals surface area contributed by atoms with Crippen molar-refractivity contribution in [2.45, 2.75) is 18.6 Å². The maximum atomic E-state index is 10.3. The quantitative estimate of drug-likeness (QED) is 0.909. The van der Waals surface area contributed by atoms with Crippen LogP contribution in [-0.4, -0.2) is 54.7 Å². The molecule has 4 heteroatoms. The third-order valence-corrected chi connectivity index (χ3v) is 4.08. The zero-order valence-corrected chi connectivity index (χ0v) is 11.8. The number of aliphatic hydroxyl groups excluding tert-OH is 1. The van der Waals surface area contributed by atoms with E-state index in [4.69, 9.17) is 11.6 Å². The summed E-state index contributed by atoms with van der Waals surface area (Å²) in [6.07, 6.45) is 0.238. The van der Waals surface area contributed by atoms with E-state index in [1.54, 1.807) is 0 Å². The van der Waals surface area contributed by atoms with Crippen molar-refractivity contribution in [3.63, 3.8) is 0 Å². The van der Waals surface area contributed by atoms with Crippen molar-refractivity contribution in [1.82, 2.24) is 9.80 Å². The zero-order chi connectivity index (χ0) is 13.1. The Morgan fingerprint density at radius 3 is 2.78 bits per heavy atom. The predicted octanol–water partition coefficient (Wildman–Crippen LogP) is 2.01. The van der Waals surface area contributed by atoms with E-state index in [-0.39, 0.29) is 0 Å². The monoisotopic (exact) mass is 268 g/mol. The van der Waals surface area contributed by atoms with Gasteiger partial charge in [0.25, 0.3) is 0 Å². The molecule has 1 N–H and O–H groups in total. The standard InChI is InChI=1S/C14H21ClN2O/c1-16-7-8-17(2)11(10-16)9-14(18)12-5-3-4-6-13(12)15/h3-6,11,14,18H,7-10H2,1-2H3. The highest BCUT2D eigenvalue weighted by Gasteiger charge is 2.25. The Morgan fingerprint density at radius 2 is 2.06 bits per heavy atom. The molecule has 0 aliphatic carbocycles. The van der Waals surface area contributed by atoms with Crippen LogP contribution in [0.4, 0.5) is 0 Å². The highest BCUT2D eigenvalue weighted by molar-refractivity contribution is 6.31. The molecule has 1 saturated heterocycles. The van der Waals surface area contributed by atoms with Crippen LogP contribution in [0, 0.1) is 0 Å². The maximum Gasteiger partial charge on any atom is 0.0819 e. The number of rotatable bonds is 3. The fraction of sp³-hybridized carbons (Fsp3) is 0.571. The lowest BCUT2D eigenvalue weighted by Crippen LogP contribution is -2.50. The van der Waals surface area contributed by atoms with Crippen LogP contribution in [-0.2, 0) is 0 Å². The molecule has 0 radical (unpaired) electrons. The van der Waals surface area contributed by atoms with E-state index in [9.17, 15) is 5.11 Å². The molecule has 2 atom stereocenters. The summed E-state index contributed by atoms with van der Waals surface area (Å²) in [5.74, 6) is 0. The van der Waals surface area contributed by atoms with E-state index < -0.39 is 6.10 Å². The number of halogens is 1. The van der Waals surface area contributed by atoms with Crippen molar-refractivity contribution in [3.05, 3.63) is 34.9 Å². The van der Waals surface area contributed by atoms with E-state index >= 15 is 0 Å². The minimum atomic E-state index is -0.488. The van der Waals surface area contributed by atoms with Crippen LogP contribution >= 0.6 is 11.6 Å². The summed E-state index contributed by atoms with van der Waals surface area (Å²) in [5.41, 5.74) is 0.834. The van der Waals surface area contributed by atoms with Crippen molar-refractivity contribution in [3.8, 4) is 0 Å². The van der Waals surface area contributed by atoms with Gasteiger partial charge in [0, 0.05) is 30.7 Å². The van der Waals surface area contributed by atoms with Gasteiger partial charge in [-0.3, -0.25) is 0 Å². The first-order valence-electron chi connectivity index (χ1n) is 6.39. The predicted molar refractivity (Wildman–Crippen MR) is 74.9 cm³/mol. The molecule has 2 rings (SSSR count). The molecule has 100 valence electrons. The molecule has 1 aliphatic rings. The second kappa shape index (κ2) is 6.02. The van der Waals surface area contributed by atoms with Crippen LogP contribution < -0.4 is 0 Å². The van der Waals surface area contributed by atoms with Crippen LogP contribution in [0.15, 0.2) is 24.3 Å². The number of piperazine rings is 1. The van der Waals surface area contributed by atoms with Crippen molar-refractivity contribution < 1.29 is 5.11 Å². The minimum Gasteiger partial charge on any atom is -0.388 e. The Bertz CT molecular complexity index is 399. The summed E-state index contributed by atoms with van der Waals surface area (Å²) in [7, 11) is 4.25. The highest BCUT2D eigenvalue weighted by atomic mass is 35.5. The summed E-state index contributed by atoms with van der Waals surface area (Å²) >= 11 is 6.12. The molecule has 1 aromatic rings. The normalized spacial score (nSPS) is 24.1. The summed E-state index contributed by atoms with van der Waals surface area (Å²) in [5, 5.41) is 11.0. The summed E-state index contributed by atoms with van der Waals surface area (Å²) in [4.78, 5) is 4.63. The van der Waals surface area contributed by atoms with Gasteiger partial charge in [0.1, 0.15) is 0 Å². The smallest absolute Gasteiger partial charge is 0.0819 e. The minimum absolute atomic E-state index is 0.384. The first-order chi connectivity index (χ1) is 8.58. The molecule has 18 heavy (non-hydrogen) atoms. The largest absolute Gasteiger partial charge is 0.388 e. The van der Waals surface area contributed by atoms with Crippen molar-refractivity contribution in [2.75, 3.05) is 33.7 Å². The van der Waals surface area contributed by atoms with Gasteiger partial charge in [0.15, 0.2) is 0 Å². The van der Waals surface area contributed by atoms with E-state index in [0.29, 0.717) is 11.1 Å². The van der Waals surface area contributed by atoms with Gasteiger partial charge in [-0.2, -0.15) is 0 Å². The molecular formula is C14H21ClN2O. The van der Waals surface area contributed by atoms with Crippen LogP contribution in [0.25, 0.3) is 0 Å². The number of hydrogen-bond acceptors (Lipinski definition) is 3. The van der Waals surface area contributed by atoms with Gasteiger partial charge in [-0.1, -0.05) is 29.8 Å². The Hall–Kier alpha value is -0.610. The fourth-order valence-corrected chi connectivity index (χ4v) is 2.75. The lowest BCUT2D eigenvalue weighted by atomic mass is 9.99. The first kappa shape index (κ1) is 13.8. The molecular weight excluding hydrogens is 248 g/mol. The second-order valence-electron chi connectivity index (χ2n) is 5.17. The number of hydrogen-bond donors (Lipinski definition) is 1. The maximum absolute atomic E-state index is 10.3. The Labute approximate surface area is 114 Å². The van der Waals surface area contributed by atoms with Crippen molar-refractivity contribution in [2.24, 2.45) is 0 Å². The summed E-state index contributed by atoms with van der Waals surface area (Å²) < 4.78 is 0. The van der Waals surface area contributed by atoms with Crippen molar-refractivity contribution >= 4 is 11.6 Å². The van der Waals surface area contributed by atoms with Crippen molar-refractivity contribution in [1.29, 1.82) is 0 Å². The zero-order valence-electron chi connectivity index (χ0n) is 11.0. The average Bonchev–Trinajstić information content (AvgIpc) is 2.34. The molecule has 0 spiro atoms. The molecule has 3 nitrogen and oxygen atoms in total. The van der Waals surface area contributed by atoms with Gasteiger partial charge in [-0.25, -0.2) is 0 Å². The van der Waals surface area contributed by atoms with Gasteiger partial charge in [0.05, 0.1) is 6.10 Å². The lowest BCUT2D eigenvalue weighted by Gasteiger charge is -2.38. The van der Waals surface area contributed by atoms with E-state index in [1.807, 2.05) is 24.3 Å². The summed E-state index contributed by atoms with van der Waals surface area (Å²) in [6, 6.07) is 7.92. The first-order valence-corrected chi connectivity index (χ1v) is 6.77. The molecule has 2 unspecified atom stereocenters. The third kappa shape index (κ3) is 3.23. The summed E-state index contributed by atoms with van der Waals surface area (Å²) in [6.45, 7) is 3.14. The van der Waals surface area contributed by atoms with E-state index in [0.717, 1.165) is 31.6 Å². The van der Waals surface area contributed by atoms with Gasteiger partial charge < -0.3 is 14.9 Å². The number of aliphatic hydroxyl groups is 1. The fourth-order valence-electron chi connectivity index (χ4n) is 2.49. The molecule has 1 aliphatic heterocycles. The van der Waals surface area contributed by atoms with Gasteiger partial charge in [-0.05, 0) is 32.1 Å². The van der Waals surface area contributed by atoms with Crippen LogP contribution in [0.1, 0.15) is 18.1 Å². The topological polar surface area (TPSA) is 26.7 Å². The SMILES string of the molecule is CN1CCN(C)C(CC(O)c2ccccc2Cl)C1. The number of benzene rings is 1. The lowest BCUT2D eigenvalue weighted by molar-refractivity contribution is 0.0635. The Morgan fingerprint density at radius 1 is 1.33 bits per heavy atom. The Kier molecular flexibility index (Phi) is 4.62. The van der Waals surface area contributed by atoms with Gasteiger partial charge >= 0.3 is 0 Å². The van der Waals surface area contributed by atoms with E-state index in [1.165, 1.54) is 0 Å². The van der Waals surface area contributed by atoms with E-state index in [2.05, 4.69) is 23.9 Å². The van der Waals surface area contributed by atoms with Crippen LogP contribution in [0.2, 0.25) is 5.02 Å². The number of likely N-dealkylation sites (N-methyl/N-ethyl adjacent to an activating group) is 2. The average molecular weight is 269 g/mol.